The Morgan fingerprint density at radius 2 is 1.10 bits per heavy atom. The van der Waals surface area contributed by atoms with Gasteiger partial charge in [-0.25, -0.2) is 0 Å². The lowest BCUT2D eigenvalue weighted by Gasteiger charge is -2.42. The Morgan fingerprint density at radius 1 is 0.576 bits per heavy atom. The zero-order valence-electron chi connectivity index (χ0n) is 36.0. The highest BCUT2D eigenvalue weighted by molar-refractivity contribution is 5.69. The molecular weight excluding hydrogens is 764 g/mol. The van der Waals surface area contributed by atoms with E-state index in [0.29, 0.717) is 13.0 Å². The van der Waals surface area contributed by atoms with Crippen LogP contribution in [-0.4, -0.2) is 142 Å². The summed E-state index contributed by atoms with van der Waals surface area (Å²) < 4.78 is 34.0. The van der Waals surface area contributed by atoms with Gasteiger partial charge >= 0.3 is 5.97 Å². The maximum atomic E-state index is 12.8. The highest BCUT2D eigenvalue weighted by Gasteiger charge is 2.47. The highest BCUT2D eigenvalue weighted by atomic mass is 16.7. The molecule has 0 amide bonds. The first-order valence-corrected chi connectivity index (χ1v) is 22.6. The lowest BCUT2D eigenvalue weighted by atomic mass is 9.98. The third kappa shape index (κ3) is 22.8. The summed E-state index contributed by atoms with van der Waals surface area (Å²) in [6.07, 6.45) is 18.1. The fourth-order valence-electron chi connectivity index (χ4n) is 6.94. The fraction of sp³-hybridized carbons (Fsp3) is 0.844. The Morgan fingerprint density at radius 3 is 1.73 bits per heavy atom. The lowest BCUT2D eigenvalue weighted by Crippen LogP contribution is -2.61. The van der Waals surface area contributed by atoms with Gasteiger partial charge in [-0.05, 0) is 44.9 Å². The molecule has 0 aromatic heterocycles. The quantitative estimate of drug-likeness (QED) is 0.0256. The van der Waals surface area contributed by atoms with E-state index in [1.165, 1.54) is 51.4 Å². The SMILES string of the molecule is CC/C=C\C/C=C\C/C=C\CCCCCCCCCCOCC(COC1OC(COC2OC(CO)C(O)C(O)C2O)C(O)C(O)C1O)OC(=O)CCCCCCCCC. The number of rotatable bonds is 34. The molecule has 11 atom stereocenters. The minimum atomic E-state index is -1.70. The van der Waals surface area contributed by atoms with Gasteiger partial charge < -0.3 is 64.2 Å². The maximum absolute atomic E-state index is 12.8. The van der Waals surface area contributed by atoms with Gasteiger partial charge in [0.1, 0.15) is 54.9 Å². The summed E-state index contributed by atoms with van der Waals surface area (Å²) in [6.45, 7) is 3.49. The predicted molar refractivity (Wildman–Crippen MR) is 224 cm³/mol. The number of carbonyl (C=O) groups excluding carboxylic acids is 1. The maximum Gasteiger partial charge on any atom is 0.306 e. The number of aliphatic hydroxyl groups is 7. The fourth-order valence-corrected chi connectivity index (χ4v) is 6.94. The Bertz CT molecular complexity index is 1120. The Hall–Kier alpha value is -1.79. The molecule has 2 fully saturated rings. The van der Waals surface area contributed by atoms with Crippen molar-refractivity contribution in [1.29, 1.82) is 0 Å². The highest BCUT2D eigenvalue weighted by Crippen LogP contribution is 2.26. The summed E-state index contributed by atoms with van der Waals surface area (Å²) in [5, 5.41) is 71.7. The molecule has 0 aromatic carbocycles. The van der Waals surface area contributed by atoms with E-state index < -0.39 is 80.7 Å². The van der Waals surface area contributed by atoms with Crippen molar-refractivity contribution in [1.82, 2.24) is 0 Å². The van der Waals surface area contributed by atoms with Crippen molar-refractivity contribution in [2.45, 2.75) is 210 Å². The summed E-state index contributed by atoms with van der Waals surface area (Å²) in [5.41, 5.74) is 0. The molecule has 7 N–H and O–H groups in total. The number of hydrogen-bond donors (Lipinski definition) is 7. The van der Waals surface area contributed by atoms with Crippen LogP contribution in [0.5, 0.6) is 0 Å². The predicted octanol–water partition coefficient (Wildman–Crippen LogP) is 5.07. The Labute approximate surface area is 353 Å². The van der Waals surface area contributed by atoms with E-state index in [1.807, 2.05) is 0 Å². The van der Waals surface area contributed by atoms with E-state index in [-0.39, 0.29) is 25.6 Å². The number of allylic oxidation sites excluding steroid dienone is 6. The smallest absolute Gasteiger partial charge is 0.306 e. The van der Waals surface area contributed by atoms with E-state index in [2.05, 4.69) is 50.3 Å². The summed E-state index contributed by atoms with van der Waals surface area (Å²) in [4.78, 5) is 12.8. The first-order chi connectivity index (χ1) is 28.6. The van der Waals surface area contributed by atoms with Crippen LogP contribution in [0, 0.1) is 0 Å². The first kappa shape index (κ1) is 53.3. The normalized spacial score (nSPS) is 28.3. The van der Waals surface area contributed by atoms with Crippen LogP contribution in [0.4, 0.5) is 0 Å². The van der Waals surface area contributed by atoms with Crippen molar-refractivity contribution in [3.8, 4) is 0 Å². The average Bonchev–Trinajstić information content (AvgIpc) is 3.23. The number of aliphatic hydroxyl groups excluding tert-OH is 7. The third-order valence-electron chi connectivity index (χ3n) is 10.7. The van der Waals surface area contributed by atoms with Crippen molar-refractivity contribution in [3.05, 3.63) is 36.5 Å². The van der Waals surface area contributed by atoms with Crippen LogP contribution in [0.15, 0.2) is 36.5 Å². The number of carbonyl (C=O) groups is 1. The number of hydrogen-bond acceptors (Lipinski definition) is 14. The molecule has 0 aliphatic carbocycles. The monoisotopic (exact) mass is 845 g/mol. The molecule has 344 valence electrons. The van der Waals surface area contributed by atoms with Crippen molar-refractivity contribution < 1.29 is 69.0 Å². The van der Waals surface area contributed by atoms with Crippen LogP contribution >= 0.6 is 0 Å². The molecule has 59 heavy (non-hydrogen) atoms. The molecule has 0 bridgehead atoms. The number of unbranched alkanes of at least 4 members (excludes halogenated alkanes) is 14. The van der Waals surface area contributed by atoms with Crippen LogP contribution in [0.1, 0.15) is 142 Å². The molecule has 2 rings (SSSR count). The van der Waals surface area contributed by atoms with E-state index >= 15 is 0 Å². The molecule has 0 saturated carbocycles. The van der Waals surface area contributed by atoms with Crippen LogP contribution in [-0.2, 0) is 33.2 Å². The lowest BCUT2D eigenvalue weighted by molar-refractivity contribution is -0.332. The minimum absolute atomic E-state index is 0.0570. The van der Waals surface area contributed by atoms with Gasteiger partial charge in [-0.15, -0.1) is 0 Å². The van der Waals surface area contributed by atoms with Crippen molar-refractivity contribution >= 4 is 5.97 Å². The number of ether oxygens (including phenoxy) is 6. The van der Waals surface area contributed by atoms with Gasteiger partial charge in [0.05, 0.1) is 26.4 Å². The van der Waals surface area contributed by atoms with E-state index in [9.17, 15) is 40.5 Å². The van der Waals surface area contributed by atoms with E-state index in [1.54, 1.807) is 0 Å². The molecule has 0 spiro atoms. The molecule has 2 aliphatic rings. The molecular formula is C45H80O14. The Balaban J connectivity index is 1.76. The topological polar surface area (TPSA) is 214 Å². The second-order valence-electron chi connectivity index (χ2n) is 15.8. The molecule has 0 radical (unpaired) electrons. The molecule has 0 aromatic rings. The van der Waals surface area contributed by atoms with Gasteiger partial charge in [-0.1, -0.05) is 127 Å². The van der Waals surface area contributed by atoms with Crippen LogP contribution in [0.2, 0.25) is 0 Å². The van der Waals surface area contributed by atoms with Gasteiger partial charge in [-0.2, -0.15) is 0 Å². The van der Waals surface area contributed by atoms with Crippen molar-refractivity contribution in [2.24, 2.45) is 0 Å². The second kappa shape index (κ2) is 33.8. The molecule has 2 saturated heterocycles. The molecule has 14 heteroatoms. The van der Waals surface area contributed by atoms with Gasteiger partial charge in [0.15, 0.2) is 12.6 Å². The summed E-state index contributed by atoms with van der Waals surface area (Å²) in [7, 11) is 0. The summed E-state index contributed by atoms with van der Waals surface area (Å²) >= 11 is 0. The molecule has 2 aliphatic heterocycles. The van der Waals surface area contributed by atoms with Crippen LogP contribution in [0.3, 0.4) is 0 Å². The number of esters is 1. The third-order valence-corrected chi connectivity index (χ3v) is 10.7. The molecule has 11 unspecified atom stereocenters. The van der Waals surface area contributed by atoms with Crippen LogP contribution in [0.25, 0.3) is 0 Å². The van der Waals surface area contributed by atoms with Gasteiger partial charge in [0, 0.05) is 13.0 Å². The van der Waals surface area contributed by atoms with E-state index in [4.69, 9.17) is 28.4 Å². The van der Waals surface area contributed by atoms with Crippen LogP contribution < -0.4 is 0 Å². The standard InChI is InChI=1S/C45H80O14/c1-3-5-7-9-11-12-13-14-15-16-17-18-19-20-21-23-25-27-29-54-31-34(57-37(47)28-26-24-22-10-8-6-4-2)32-55-44-43(53)41(51)39(49)36(59-44)33-56-45-42(52)40(50)38(48)35(30-46)58-45/h5,7,11-12,14-15,34-36,38-46,48-53H,3-4,6,8-10,13,16-33H2,1-2H3/b7-5-,12-11-,15-14-. The minimum Gasteiger partial charge on any atom is -0.457 e. The average molecular weight is 845 g/mol. The van der Waals surface area contributed by atoms with Gasteiger partial charge in [0.25, 0.3) is 0 Å². The molecule has 2 heterocycles. The van der Waals surface area contributed by atoms with Gasteiger partial charge in [0.2, 0.25) is 0 Å². The molecule has 14 nitrogen and oxygen atoms in total. The van der Waals surface area contributed by atoms with Gasteiger partial charge in [-0.3, -0.25) is 4.79 Å². The van der Waals surface area contributed by atoms with Crippen molar-refractivity contribution in [3.63, 3.8) is 0 Å². The Kier molecular flexibility index (Phi) is 30.6. The van der Waals surface area contributed by atoms with E-state index in [0.717, 1.165) is 64.2 Å². The largest absolute Gasteiger partial charge is 0.457 e. The van der Waals surface area contributed by atoms with Crippen molar-refractivity contribution in [2.75, 3.05) is 33.0 Å². The second-order valence-corrected chi connectivity index (χ2v) is 15.8. The zero-order chi connectivity index (χ0) is 43.1. The zero-order valence-corrected chi connectivity index (χ0v) is 36.0. The summed E-state index contributed by atoms with van der Waals surface area (Å²) in [5.74, 6) is -0.388. The summed E-state index contributed by atoms with van der Waals surface area (Å²) in [6, 6.07) is 0. The first-order valence-electron chi connectivity index (χ1n) is 22.6.